The van der Waals surface area contributed by atoms with E-state index >= 15 is 0 Å². The van der Waals surface area contributed by atoms with Crippen LogP contribution in [0.2, 0.25) is 0 Å². The van der Waals surface area contributed by atoms with Gasteiger partial charge >= 0.3 is 17.9 Å². The van der Waals surface area contributed by atoms with Gasteiger partial charge in [0.25, 0.3) is 0 Å². The summed E-state index contributed by atoms with van der Waals surface area (Å²) in [6.07, 6.45) is 63.4. The van der Waals surface area contributed by atoms with Gasteiger partial charge < -0.3 is 14.2 Å². The van der Waals surface area contributed by atoms with Gasteiger partial charge in [0.1, 0.15) is 13.2 Å². The second-order valence-electron chi connectivity index (χ2n) is 17.1. The van der Waals surface area contributed by atoms with Crippen LogP contribution in [0.1, 0.15) is 245 Å². The third-order valence-corrected chi connectivity index (χ3v) is 11.0. The van der Waals surface area contributed by atoms with Crippen LogP contribution in [0.15, 0.2) is 72.9 Å². The molecule has 62 heavy (non-hydrogen) atoms. The summed E-state index contributed by atoms with van der Waals surface area (Å²) in [4.78, 5) is 37.9. The van der Waals surface area contributed by atoms with Crippen molar-refractivity contribution in [1.29, 1.82) is 0 Å². The third-order valence-electron chi connectivity index (χ3n) is 11.0. The summed E-state index contributed by atoms with van der Waals surface area (Å²) in [5.41, 5.74) is 0. The number of carbonyl (C=O) groups excluding carboxylic acids is 3. The van der Waals surface area contributed by atoms with Crippen LogP contribution in [-0.2, 0) is 28.6 Å². The number of hydrogen-bond donors (Lipinski definition) is 0. The fourth-order valence-electron chi connectivity index (χ4n) is 7.06. The molecule has 0 rings (SSSR count). The molecule has 0 spiro atoms. The number of hydrogen-bond acceptors (Lipinski definition) is 6. The molecule has 0 bridgehead atoms. The Labute approximate surface area is 382 Å². The first-order valence-electron chi connectivity index (χ1n) is 25.9. The molecule has 0 aromatic heterocycles. The van der Waals surface area contributed by atoms with Crippen molar-refractivity contribution in [1.82, 2.24) is 0 Å². The molecule has 6 heteroatoms. The number of allylic oxidation sites excluding steroid dienone is 12. The van der Waals surface area contributed by atoms with E-state index in [9.17, 15) is 14.4 Å². The number of esters is 3. The molecule has 1 atom stereocenters. The molecular weight excluding hydrogens is 769 g/mol. The standard InChI is InChI=1S/C56H96O6/c1-4-7-10-13-16-19-22-24-26-28-29-31-32-34-37-40-43-46-49-55(58)61-52-53(51-60-54(57)48-45-42-39-36-21-18-15-12-9-6-3)62-56(59)50-47-44-41-38-35-33-30-27-25-23-20-17-14-11-8-5-2/h8,11,15,17-18,20,25,27,33,35,41,44,53H,4-7,9-10,12-14,16,19,21-24,26,28-32,34,36-40,42-43,45-52H2,1-3H3/b11-8-,18-15-,20-17-,27-25-,35-33-,44-41-. The first-order chi connectivity index (χ1) is 30.5. The lowest BCUT2D eigenvalue weighted by Gasteiger charge is -2.18. The number of unbranched alkanes of at least 4 members (excludes halogenated alkanes) is 23. The highest BCUT2D eigenvalue weighted by atomic mass is 16.6. The van der Waals surface area contributed by atoms with Crippen molar-refractivity contribution in [3.63, 3.8) is 0 Å². The smallest absolute Gasteiger partial charge is 0.306 e. The largest absolute Gasteiger partial charge is 0.462 e. The minimum atomic E-state index is -0.816. The van der Waals surface area contributed by atoms with Crippen molar-refractivity contribution in [2.24, 2.45) is 0 Å². The zero-order chi connectivity index (χ0) is 45.1. The summed E-state index contributed by atoms with van der Waals surface area (Å²) >= 11 is 0. The van der Waals surface area contributed by atoms with Crippen molar-refractivity contribution in [3.05, 3.63) is 72.9 Å². The predicted octanol–water partition coefficient (Wildman–Crippen LogP) is 17.0. The topological polar surface area (TPSA) is 78.9 Å². The molecule has 356 valence electrons. The maximum absolute atomic E-state index is 12.7. The first-order valence-corrected chi connectivity index (χ1v) is 25.9. The molecule has 0 aliphatic rings. The zero-order valence-corrected chi connectivity index (χ0v) is 40.6. The Morgan fingerprint density at radius 3 is 1.10 bits per heavy atom. The Kier molecular flexibility index (Phi) is 47.9. The normalized spacial score (nSPS) is 12.6. The maximum Gasteiger partial charge on any atom is 0.306 e. The van der Waals surface area contributed by atoms with Crippen LogP contribution in [0.4, 0.5) is 0 Å². The molecule has 0 fully saturated rings. The Morgan fingerprint density at radius 2 is 0.677 bits per heavy atom. The lowest BCUT2D eigenvalue weighted by Crippen LogP contribution is -2.30. The van der Waals surface area contributed by atoms with E-state index in [4.69, 9.17) is 14.2 Å². The van der Waals surface area contributed by atoms with Crippen molar-refractivity contribution in [2.45, 2.75) is 252 Å². The molecule has 0 heterocycles. The summed E-state index contributed by atoms with van der Waals surface area (Å²) in [6.45, 7) is 6.42. The fourth-order valence-corrected chi connectivity index (χ4v) is 7.06. The van der Waals surface area contributed by atoms with Crippen LogP contribution in [0.25, 0.3) is 0 Å². The van der Waals surface area contributed by atoms with E-state index < -0.39 is 12.1 Å². The predicted molar refractivity (Wildman–Crippen MR) is 265 cm³/mol. The van der Waals surface area contributed by atoms with Crippen LogP contribution >= 0.6 is 0 Å². The molecule has 6 nitrogen and oxygen atoms in total. The Morgan fingerprint density at radius 1 is 0.339 bits per heavy atom. The molecule has 0 aromatic rings. The Balaban J connectivity index is 4.42. The monoisotopic (exact) mass is 865 g/mol. The second-order valence-corrected chi connectivity index (χ2v) is 17.1. The van der Waals surface area contributed by atoms with Crippen molar-refractivity contribution in [2.75, 3.05) is 13.2 Å². The molecule has 0 aromatic carbocycles. The first kappa shape index (κ1) is 58.9. The fraction of sp³-hybridized carbons (Fsp3) is 0.732. The molecule has 0 amide bonds. The quantitative estimate of drug-likeness (QED) is 0.0262. The van der Waals surface area contributed by atoms with E-state index in [-0.39, 0.29) is 31.6 Å². The Hall–Kier alpha value is -3.15. The highest BCUT2D eigenvalue weighted by Gasteiger charge is 2.19. The van der Waals surface area contributed by atoms with Crippen molar-refractivity contribution in [3.8, 4) is 0 Å². The summed E-state index contributed by atoms with van der Waals surface area (Å²) in [5.74, 6) is -1.00. The van der Waals surface area contributed by atoms with Crippen LogP contribution < -0.4 is 0 Å². The molecule has 0 aliphatic carbocycles. The van der Waals surface area contributed by atoms with Gasteiger partial charge in [0.15, 0.2) is 6.10 Å². The van der Waals surface area contributed by atoms with E-state index in [1.807, 2.05) is 12.2 Å². The van der Waals surface area contributed by atoms with Crippen LogP contribution in [-0.4, -0.2) is 37.2 Å². The summed E-state index contributed by atoms with van der Waals surface area (Å²) in [7, 11) is 0. The van der Waals surface area contributed by atoms with Crippen molar-refractivity contribution >= 4 is 17.9 Å². The van der Waals surface area contributed by atoms with Crippen molar-refractivity contribution < 1.29 is 28.6 Å². The van der Waals surface area contributed by atoms with Gasteiger partial charge in [-0.1, -0.05) is 229 Å². The number of ether oxygens (including phenoxy) is 3. The van der Waals surface area contributed by atoms with Gasteiger partial charge in [-0.15, -0.1) is 0 Å². The molecule has 0 aliphatic heterocycles. The highest BCUT2D eigenvalue weighted by Crippen LogP contribution is 2.15. The lowest BCUT2D eigenvalue weighted by atomic mass is 10.0. The average molecular weight is 865 g/mol. The van der Waals surface area contributed by atoms with Crippen LogP contribution in [0, 0.1) is 0 Å². The highest BCUT2D eigenvalue weighted by molar-refractivity contribution is 5.71. The molecule has 0 N–H and O–H groups in total. The number of rotatable bonds is 46. The van der Waals surface area contributed by atoms with Gasteiger partial charge in [0, 0.05) is 19.3 Å². The summed E-state index contributed by atoms with van der Waals surface area (Å²) in [6, 6.07) is 0. The lowest BCUT2D eigenvalue weighted by molar-refractivity contribution is -0.166. The van der Waals surface area contributed by atoms with Gasteiger partial charge in [0.05, 0.1) is 0 Å². The summed E-state index contributed by atoms with van der Waals surface area (Å²) in [5, 5.41) is 0. The van der Waals surface area contributed by atoms with Gasteiger partial charge in [-0.05, 0) is 70.6 Å². The van der Waals surface area contributed by atoms with E-state index in [0.29, 0.717) is 19.3 Å². The average Bonchev–Trinajstić information content (AvgIpc) is 3.27. The van der Waals surface area contributed by atoms with E-state index in [1.54, 1.807) is 0 Å². The number of carbonyl (C=O) groups is 3. The second kappa shape index (κ2) is 50.5. The van der Waals surface area contributed by atoms with Gasteiger partial charge in [-0.25, -0.2) is 0 Å². The van der Waals surface area contributed by atoms with E-state index in [0.717, 1.165) is 89.9 Å². The van der Waals surface area contributed by atoms with Gasteiger partial charge in [0.2, 0.25) is 0 Å². The zero-order valence-electron chi connectivity index (χ0n) is 40.6. The molecule has 0 saturated carbocycles. The Bertz CT molecular complexity index is 1180. The van der Waals surface area contributed by atoms with Gasteiger partial charge in [-0.2, -0.15) is 0 Å². The molecule has 0 saturated heterocycles. The third kappa shape index (κ3) is 47.9. The summed E-state index contributed by atoms with van der Waals surface area (Å²) < 4.78 is 16.7. The van der Waals surface area contributed by atoms with Crippen LogP contribution in [0.5, 0.6) is 0 Å². The minimum absolute atomic E-state index is 0.107. The molecule has 1 unspecified atom stereocenters. The van der Waals surface area contributed by atoms with Crippen LogP contribution in [0.3, 0.4) is 0 Å². The maximum atomic E-state index is 12.7. The molecule has 0 radical (unpaired) electrons. The van der Waals surface area contributed by atoms with Gasteiger partial charge in [-0.3, -0.25) is 14.4 Å². The molecular formula is C56H96O6. The SMILES string of the molecule is CC/C=C\C/C=C\C/C=C\C/C=C\C/C=C\CCC(=O)OC(COC(=O)CCCCCC/C=C\CCCC)COC(=O)CCCCCCCCCCCCCCCCCCCC. The van der Waals surface area contributed by atoms with E-state index in [2.05, 4.69) is 81.5 Å². The van der Waals surface area contributed by atoms with E-state index in [1.165, 1.54) is 109 Å². The minimum Gasteiger partial charge on any atom is -0.462 e.